The van der Waals surface area contributed by atoms with Crippen molar-refractivity contribution in [2.75, 3.05) is 22.6 Å². The molecular weight excluding hydrogens is 494 g/mol. The van der Waals surface area contributed by atoms with Crippen LogP contribution in [0, 0.1) is 17.6 Å². The van der Waals surface area contributed by atoms with Gasteiger partial charge >= 0.3 is 0 Å². The van der Waals surface area contributed by atoms with Crippen molar-refractivity contribution in [3.8, 4) is 0 Å². The summed E-state index contributed by atoms with van der Waals surface area (Å²) in [6.45, 7) is -1.01. The fourth-order valence-electron chi connectivity index (χ4n) is 2.75. The molecule has 0 radical (unpaired) electrons. The van der Waals surface area contributed by atoms with Crippen molar-refractivity contribution in [1.82, 2.24) is 0 Å². The second kappa shape index (κ2) is 9.56. The van der Waals surface area contributed by atoms with Crippen molar-refractivity contribution in [2.45, 2.75) is 17.2 Å². The molecule has 2 aromatic rings. The van der Waals surface area contributed by atoms with Gasteiger partial charge < -0.3 is 16.0 Å². The van der Waals surface area contributed by atoms with Gasteiger partial charge in [0.25, 0.3) is 5.91 Å². The van der Waals surface area contributed by atoms with Gasteiger partial charge in [-0.1, -0.05) is 11.6 Å². The molecule has 0 aromatic heterocycles. The van der Waals surface area contributed by atoms with Gasteiger partial charge in [0.15, 0.2) is 5.82 Å². The number of anilines is 3. The molecule has 170 valence electrons. The van der Waals surface area contributed by atoms with Crippen LogP contribution in [0.4, 0.5) is 30.2 Å². The molecule has 1 aliphatic rings. The lowest BCUT2D eigenvalue weighted by Crippen LogP contribution is -2.19. The maximum absolute atomic E-state index is 14.7. The van der Waals surface area contributed by atoms with Crippen LogP contribution in [0.1, 0.15) is 23.2 Å². The number of halogens is 6. The number of rotatable bonds is 7. The first-order valence-corrected chi connectivity index (χ1v) is 10.3. The van der Waals surface area contributed by atoms with Gasteiger partial charge in [0.1, 0.15) is 15.8 Å². The minimum Gasteiger partial charge on any atom is -0.326 e. The monoisotopic (exact) mass is 507 g/mol. The Morgan fingerprint density at radius 1 is 1.06 bits per heavy atom. The SMILES string of the molecule is O=C(CCF)Nc1c(F)ccc(NC(=O)c2cc(NC(=O)C3CC3(Cl)Cl)ccc2Cl)c1F. The highest BCUT2D eigenvalue weighted by molar-refractivity contribution is 6.52. The molecule has 1 atom stereocenters. The number of alkyl halides is 3. The molecule has 0 spiro atoms. The van der Waals surface area contributed by atoms with Crippen molar-refractivity contribution in [3.05, 3.63) is 52.6 Å². The van der Waals surface area contributed by atoms with E-state index in [1.165, 1.54) is 18.2 Å². The molecule has 6 nitrogen and oxygen atoms in total. The summed E-state index contributed by atoms with van der Waals surface area (Å²) in [5.41, 5.74) is -1.18. The fraction of sp³-hybridized carbons (Fsp3) is 0.250. The summed E-state index contributed by atoms with van der Waals surface area (Å²) in [6.07, 6.45) is -0.296. The quantitative estimate of drug-likeness (QED) is 0.444. The molecule has 12 heteroatoms. The van der Waals surface area contributed by atoms with Crippen molar-refractivity contribution < 1.29 is 27.6 Å². The number of hydrogen-bond donors (Lipinski definition) is 3. The molecule has 2 aromatic carbocycles. The van der Waals surface area contributed by atoms with Crippen LogP contribution in [0.2, 0.25) is 5.02 Å². The molecule has 32 heavy (non-hydrogen) atoms. The van der Waals surface area contributed by atoms with Crippen LogP contribution in [0.3, 0.4) is 0 Å². The summed E-state index contributed by atoms with van der Waals surface area (Å²) in [6, 6.07) is 5.81. The van der Waals surface area contributed by atoms with Crippen LogP contribution in [0.5, 0.6) is 0 Å². The van der Waals surface area contributed by atoms with Crippen molar-refractivity contribution in [1.29, 1.82) is 0 Å². The van der Waals surface area contributed by atoms with Crippen LogP contribution in [0.15, 0.2) is 30.3 Å². The number of carbonyl (C=O) groups excluding carboxylic acids is 3. The van der Waals surface area contributed by atoms with Gasteiger partial charge in [0.05, 0.1) is 35.3 Å². The lowest BCUT2D eigenvalue weighted by molar-refractivity contribution is -0.117. The smallest absolute Gasteiger partial charge is 0.257 e. The molecule has 3 N–H and O–H groups in total. The van der Waals surface area contributed by atoms with Gasteiger partial charge in [0, 0.05) is 5.69 Å². The maximum atomic E-state index is 14.7. The summed E-state index contributed by atoms with van der Waals surface area (Å²) in [5, 5.41) is 6.70. The van der Waals surface area contributed by atoms with Gasteiger partial charge in [-0.2, -0.15) is 0 Å². The number of nitrogens with one attached hydrogen (secondary N) is 3. The highest BCUT2D eigenvalue weighted by Crippen LogP contribution is 2.53. The van der Waals surface area contributed by atoms with Gasteiger partial charge in [-0.25, -0.2) is 8.78 Å². The maximum Gasteiger partial charge on any atom is 0.257 e. The zero-order valence-electron chi connectivity index (χ0n) is 16.1. The van der Waals surface area contributed by atoms with E-state index < -0.39 is 64.1 Å². The molecule has 0 bridgehead atoms. The molecule has 0 heterocycles. The standard InChI is InChI=1S/C20H15Cl3F3N3O3/c21-12-2-1-9(27-19(32)11-8-20(11,22)23)7-10(12)18(31)28-14-4-3-13(25)17(16(14)26)29-15(30)5-6-24/h1-4,7,11H,5-6,8H2,(H,27,32)(H,28,31)(H,29,30). The largest absolute Gasteiger partial charge is 0.326 e. The van der Waals surface area contributed by atoms with Crippen LogP contribution >= 0.6 is 34.8 Å². The van der Waals surface area contributed by atoms with E-state index in [1.807, 2.05) is 5.32 Å². The molecule has 1 saturated carbocycles. The number of hydrogen-bond acceptors (Lipinski definition) is 3. The Labute approximate surface area is 195 Å². The van der Waals surface area contributed by atoms with Gasteiger partial charge in [-0.3, -0.25) is 18.8 Å². The fourth-order valence-corrected chi connectivity index (χ4v) is 3.46. The number of benzene rings is 2. The van der Waals surface area contributed by atoms with E-state index >= 15 is 0 Å². The van der Waals surface area contributed by atoms with Crippen molar-refractivity contribution >= 4 is 69.6 Å². The molecule has 0 saturated heterocycles. The minimum atomic E-state index is -1.26. The topological polar surface area (TPSA) is 87.3 Å². The van der Waals surface area contributed by atoms with Crippen molar-refractivity contribution in [3.63, 3.8) is 0 Å². The highest BCUT2D eigenvalue weighted by Gasteiger charge is 2.56. The first-order valence-electron chi connectivity index (χ1n) is 9.17. The average Bonchev–Trinajstić information content (AvgIpc) is 3.37. The molecule has 0 aliphatic heterocycles. The van der Waals surface area contributed by atoms with E-state index in [4.69, 9.17) is 34.8 Å². The molecule has 1 unspecified atom stereocenters. The second-order valence-electron chi connectivity index (χ2n) is 6.93. The summed E-state index contributed by atoms with van der Waals surface area (Å²) >= 11 is 17.8. The van der Waals surface area contributed by atoms with Crippen LogP contribution < -0.4 is 16.0 Å². The Morgan fingerprint density at radius 3 is 2.38 bits per heavy atom. The predicted molar refractivity (Wildman–Crippen MR) is 116 cm³/mol. The molecule has 3 rings (SSSR count). The van der Waals surface area contributed by atoms with Gasteiger partial charge in [-0.05, 0) is 36.8 Å². The van der Waals surface area contributed by atoms with E-state index in [0.717, 1.165) is 12.1 Å². The zero-order chi connectivity index (χ0) is 23.6. The van der Waals surface area contributed by atoms with E-state index in [9.17, 15) is 27.6 Å². The summed E-state index contributed by atoms with van der Waals surface area (Å²) < 4.78 is 39.7. The third-order valence-electron chi connectivity index (χ3n) is 4.55. The Kier molecular flexibility index (Phi) is 7.22. The van der Waals surface area contributed by atoms with E-state index in [-0.39, 0.29) is 22.7 Å². The molecule has 1 fully saturated rings. The van der Waals surface area contributed by atoms with Gasteiger partial charge in [0.2, 0.25) is 11.8 Å². The first kappa shape index (κ1) is 24.2. The summed E-state index contributed by atoms with van der Waals surface area (Å²) in [4.78, 5) is 36.3. The van der Waals surface area contributed by atoms with Crippen molar-refractivity contribution in [2.24, 2.45) is 5.92 Å². The van der Waals surface area contributed by atoms with E-state index in [2.05, 4.69) is 10.6 Å². The lowest BCUT2D eigenvalue weighted by atomic mass is 10.1. The van der Waals surface area contributed by atoms with Crippen LogP contribution in [-0.2, 0) is 9.59 Å². The number of amides is 3. The predicted octanol–water partition coefficient (Wildman–Crippen LogP) is 5.30. The summed E-state index contributed by atoms with van der Waals surface area (Å²) in [7, 11) is 0. The zero-order valence-corrected chi connectivity index (χ0v) is 18.3. The van der Waals surface area contributed by atoms with Crippen LogP contribution in [0.25, 0.3) is 0 Å². The first-order chi connectivity index (χ1) is 15.0. The minimum absolute atomic E-state index is 0.00468. The normalized spacial score (nSPS) is 16.2. The third kappa shape index (κ3) is 5.46. The Morgan fingerprint density at radius 2 is 1.75 bits per heavy atom. The second-order valence-corrected chi connectivity index (χ2v) is 8.88. The van der Waals surface area contributed by atoms with E-state index in [1.54, 1.807) is 0 Å². The summed E-state index contributed by atoms with van der Waals surface area (Å²) in [5.74, 6) is -5.22. The van der Waals surface area contributed by atoms with Crippen LogP contribution in [-0.4, -0.2) is 28.7 Å². The highest BCUT2D eigenvalue weighted by atomic mass is 35.5. The molecule has 3 amide bonds. The molecular formula is C20H15Cl3F3N3O3. The Hall–Kier alpha value is -2.49. The number of carbonyl (C=O) groups is 3. The third-order valence-corrected chi connectivity index (χ3v) is 5.71. The van der Waals surface area contributed by atoms with E-state index in [0.29, 0.717) is 0 Å². The Balaban J connectivity index is 1.78. The van der Waals surface area contributed by atoms with Gasteiger partial charge in [-0.15, -0.1) is 23.2 Å². The lowest BCUT2D eigenvalue weighted by Gasteiger charge is -2.13. The Bertz CT molecular complexity index is 1100. The average molecular weight is 509 g/mol. The molecule has 1 aliphatic carbocycles.